The van der Waals surface area contributed by atoms with Crippen molar-refractivity contribution in [2.45, 2.75) is 124 Å². The topological polar surface area (TPSA) is 57.5 Å². The highest BCUT2D eigenvalue weighted by molar-refractivity contribution is 5.80. The molecule has 290 valence electrons. The number of aliphatic hydroxyl groups excluding tert-OH is 2. The molecule has 0 aromatic heterocycles. The quantitative estimate of drug-likeness (QED) is 0.113. The van der Waals surface area contributed by atoms with Gasteiger partial charge in [-0.1, -0.05) is 188 Å². The Morgan fingerprint density at radius 1 is 0.593 bits per heavy atom. The fraction of sp³-hybridized carbons (Fsp3) is 0.431. The van der Waals surface area contributed by atoms with E-state index in [-0.39, 0.29) is 17.9 Å². The second-order valence-corrected chi connectivity index (χ2v) is 14.1. The summed E-state index contributed by atoms with van der Waals surface area (Å²) in [6, 6.07) is 40.9. The van der Waals surface area contributed by atoms with Gasteiger partial charge in [-0.05, 0) is 72.6 Å². The van der Waals surface area contributed by atoms with E-state index in [1.54, 1.807) is 0 Å². The smallest absolute Gasteiger partial charge is 0.135 e. The van der Waals surface area contributed by atoms with Crippen molar-refractivity contribution in [3.8, 4) is 24.2 Å². The van der Waals surface area contributed by atoms with Gasteiger partial charge in [0.15, 0.2) is 0 Å². The molecule has 0 heterocycles. The van der Waals surface area contributed by atoms with E-state index >= 15 is 0 Å². The number of ketones is 1. The van der Waals surface area contributed by atoms with Gasteiger partial charge in [0, 0.05) is 25.2 Å². The summed E-state index contributed by atoms with van der Waals surface area (Å²) in [5.41, 5.74) is 5.10. The number of benzene rings is 4. The molecule has 0 radical (unpaired) electrons. The Morgan fingerprint density at radius 2 is 1.02 bits per heavy atom. The molecule has 4 aromatic carbocycles. The third kappa shape index (κ3) is 23.3. The molecular formula is C51H68O3. The van der Waals surface area contributed by atoms with Gasteiger partial charge in [0.2, 0.25) is 0 Å². The molecule has 0 bridgehead atoms. The molecular weight excluding hydrogens is 661 g/mol. The first kappa shape index (κ1) is 47.6. The summed E-state index contributed by atoms with van der Waals surface area (Å²) in [5, 5.41) is 19.4. The van der Waals surface area contributed by atoms with Crippen LogP contribution in [0.5, 0.6) is 0 Å². The summed E-state index contributed by atoms with van der Waals surface area (Å²) < 4.78 is 0. The van der Waals surface area contributed by atoms with Crippen molar-refractivity contribution < 1.29 is 15.0 Å². The van der Waals surface area contributed by atoms with Gasteiger partial charge in [-0.15, -0.1) is 12.3 Å². The van der Waals surface area contributed by atoms with Crippen LogP contribution in [0.2, 0.25) is 0 Å². The molecule has 0 aliphatic carbocycles. The lowest BCUT2D eigenvalue weighted by Gasteiger charge is -2.16. The Labute approximate surface area is 329 Å². The van der Waals surface area contributed by atoms with Crippen molar-refractivity contribution >= 4 is 5.78 Å². The Hall–Kier alpha value is -4.41. The van der Waals surface area contributed by atoms with Crippen LogP contribution < -0.4 is 0 Å². The van der Waals surface area contributed by atoms with Gasteiger partial charge in [0.1, 0.15) is 11.9 Å². The van der Waals surface area contributed by atoms with E-state index < -0.39 is 6.10 Å². The summed E-state index contributed by atoms with van der Waals surface area (Å²) in [6.07, 6.45) is 14.7. The zero-order valence-corrected chi connectivity index (χ0v) is 34.1. The van der Waals surface area contributed by atoms with Gasteiger partial charge in [0.05, 0.1) is 6.10 Å². The first-order valence-electron chi connectivity index (χ1n) is 20.1. The van der Waals surface area contributed by atoms with E-state index in [4.69, 9.17) is 6.42 Å². The number of aliphatic hydroxyl groups is 2. The van der Waals surface area contributed by atoms with Crippen LogP contribution in [0.25, 0.3) is 0 Å². The second kappa shape index (κ2) is 31.0. The third-order valence-corrected chi connectivity index (χ3v) is 9.72. The first-order valence-corrected chi connectivity index (χ1v) is 20.1. The molecule has 4 aromatic rings. The predicted molar refractivity (Wildman–Crippen MR) is 231 cm³/mol. The van der Waals surface area contributed by atoms with Crippen molar-refractivity contribution in [2.75, 3.05) is 0 Å². The predicted octanol–water partition coefficient (Wildman–Crippen LogP) is 11.5. The summed E-state index contributed by atoms with van der Waals surface area (Å²) >= 11 is 0. The molecule has 0 saturated heterocycles. The van der Waals surface area contributed by atoms with Crippen molar-refractivity contribution in [3.63, 3.8) is 0 Å². The van der Waals surface area contributed by atoms with Gasteiger partial charge in [-0.3, -0.25) is 4.79 Å². The van der Waals surface area contributed by atoms with Gasteiger partial charge < -0.3 is 10.2 Å². The molecule has 5 atom stereocenters. The molecule has 0 aliphatic heterocycles. The van der Waals surface area contributed by atoms with E-state index in [0.717, 1.165) is 64.2 Å². The SMILES string of the molecule is C#CCc1ccccc1.CC[C@H](C)C(=O)CCCc1ccccc1.CC[C@H](C)C(O)C#CCc1ccccc1.CC[C@H](C)C(O)CCCc1ccccc1. The maximum atomic E-state index is 11.6. The van der Waals surface area contributed by atoms with Crippen LogP contribution in [-0.2, 0) is 30.5 Å². The Balaban J connectivity index is 0.000000366. The van der Waals surface area contributed by atoms with Crippen LogP contribution in [0.4, 0.5) is 0 Å². The van der Waals surface area contributed by atoms with Gasteiger partial charge >= 0.3 is 0 Å². The van der Waals surface area contributed by atoms with Gasteiger partial charge in [-0.2, -0.15) is 0 Å². The maximum Gasteiger partial charge on any atom is 0.135 e. The number of hydrogen-bond donors (Lipinski definition) is 2. The van der Waals surface area contributed by atoms with Crippen LogP contribution in [0.1, 0.15) is 109 Å². The first-order chi connectivity index (χ1) is 26.1. The van der Waals surface area contributed by atoms with E-state index in [2.05, 4.69) is 81.9 Å². The van der Waals surface area contributed by atoms with Crippen LogP contribution >= 0.6 is 0 Å². The van der Waals surface area contributed by atoms with Crippen LogP contribution in [0.3, 0.4) is 0 Å². The summed E-state index contributed by atoms with van der Waals surface area (Å²) in [6.45, 7) is 12.4. The van der Waals surface area contributed by atoms with Gasteiger partial charge in [-0.25, -0.2) is 0 Å². The lowest BCUT2D eigenvalue weighted by Crippen LogP contribution is -2.16. The number of carbonyl (C=O) groups excluding carboxylic acids is 1. The molecule has 0 saturated carbocycles. The lowest BCUT2D eigenvalue weighted by molar-refractivity contribution is -0.122. The molecule has 3 nitrogen and oxygen atoms in total. The molecule has 0 amide bonds. The average molecular weight is 729 g/mol. The summed E-state index contributed by atoms with van der Waals surface area (Å²) in [5.74, 6) is 9.82. The molecule has 3 heteroatoms. The largest absolute Gasteiger partial charge is 0.393 e. The number of terminal acetylenes is 1. The second-order valence-electron chi connectivity index (χ2n) is 14.1. The highest BCUT2D eigenvalue weighted by atomic mass is 16.3. The van der Waals surface area contributed by atoms with Gasteiger partial charge in [0.25, 0.3) is 0 Å². The number of carbonyl (C=O) groups is 1. The van der Waals surface area contributed by atoms with E-state index in [1.165, 1.54) is 22.3 Å². The number of hydrogen-bond acceptors (Lipinski definition) is 3. The Morgan fingerprint density at radius 3 is 1.44 bits per heavy atom. The lowest BCUT2D eigenvalue weighted by atomic mass is 9.96. The molecule has 54 heavy (non-hydrogen) atoms. The summed E-state index contributed by atoms with van der Waals surface area (Å²) in [7, 11) is 0. The van der Waals surface area contributed by atoms with Crippen molar-refractivity contribution in [1.29, 1.82) is 0 Å². The van der Waals surface area contributed by atoms with Crippen LogP contribution in [-0.4, -0.2) is 28.2 Å². The van der Waals surface area contributed by atoms with Crippen LogP contribution in [0.15, 0.2) is 121 Å². The van der Waals surface area contributed by atoms with E-state index in [1.807, 2.05) is 98.8 Å². The van der Waals surface area contributed by atoms with Crippen LogP contribution in [0, 0.1) is 41.9 Å². The molecule has 0 fully saturated rings. The molecule has 2 unspecified atom stereocenters. The minimum Gasteiger partial charge on any atom is -0.393 e. The maximum absolute atomic E-state index is 11.6. The number of rotatable bonds is 16. The highest BCUT2D eigenvalue weighted by Crippen LogP contribution is 2.15. The molecule has 4 rings (SSSR count). The number of aryl methyl sites for hydroxylation is 2. The monoisotopic (exact) mass is 729 g/mol. The zero-order valence-electron chi connectivity index (χ0n) is 34.1. The Kier molecular flexibility index (Phi) is 27.3. The molecule has 2 N–H and O–H groups in total. The average Bonchev–Trinajstić information content (AvgIpc) is 3.22. The zero-order chi connectivity index (χ0) is 39.8. The van der Waals surface area contributed by atoms with Crippen molar-refractivity contribution in [3.05, 3.63) is 144 Å². The normalized spacial score (nSPS) is 12.8. The van der Waals surface area contributed by atoms with Crippen molar-refractivity contribution in [1.82, 2.24) is 0 Å². The number of Topliss-reactive ketones (excluding diaryl/α,β-unsaturated/α-hetero) is 1. The highest BCUT2D eigenvalue weighted by Gasteiger charge is 2.11. The fourth-order valence-corrected chi connectivity index (χ4v) is 5.23. The minimum absolute atomic E-state index is 0.126. The Bertz CT molecular complexity index is 1570. The van der Waals surface area contributed by atoms with Crippen molar-refractivity contribution in [2.24, 2.45) is 17.8 Å². The minimum atomic E-state index is -0.487. The molecule has 0 aliphatic rings. The summed E-state index contributed by atoms with van der Waals surface area (Å²) in [4.78, 5) is 11.6. The standard InChI is InChI=1S/C14H22O.C14H20O.C14H18O.C9H8/c3*1-3-12(2)14(15)11-7-10-13-8-5-4-6-9-13;1-2-6-9-7-4-3-5-8-9/h4-6,8-9,12,14-15H,3,7,10-11H2,1-2H3;4-6,8-9,12H,3,7,10-11H2,1-2H3;4-6,8-9,12,14-15H,3,10H2,1-2H3;1,3-5,7-8H,6H2/t12-,14?;12-;12-,14?;/m000./s1. The molecule has 0 spiro atoms. The van der Waals surface area contributed by atoms with E-state index in [0.29, 0.717) is 18.1 Å². The fourth-order valence-electron chi connectivity index (χ4n) is 5.23. The third-order valence-electron chi connectivity index (χ3n) is 9.72. The van der Waals surface area contributed by atoms with E-state index in [9.17, 15) is 15.0 Å².